The zero-order valence-electron chi connectivity index (χ0n) is 9.84. The van der Waals surface area contributed by atoms with Crippen molar-refractivity contribution in [3.05, 3.63) is 46.3 Å². The van der Waals surface area contributed by atoms with E-state index in [1.54, 1.807) is 31.3 Å². The molecule has 2 aromatic rings. The van der Waals surface area contributed by atoms with E-state index in [2.05, 4.69) is 5.92 Å². The van der Waals surface area contributed by atoms with Crippen LogP contribution in [0, 0.1) is 12.3 Å². The molecule has 0 N–H and O–H groups in total. The number of terminal acetylenes is 1. The van der Waals surface area contributed by atoms with Gasteiger partial charge in [-0.2, -0.15) is 0 Å². The van der Waals surface area contributed by atoms with Crippen molar-refractivity contribution >= 4 is 16.9 Å². The second kappa shape index (κ2) is 4.76. The Morgan fingerprint density at radius 3 is 2.89 bits per heavy atom. The average Bonchev–Trinajstić information content (AvgIpc) is 2.38. The van der Waals surface area contributed by atoms with Crippen LogP contribution in [0.4, 0.5) is 0 Å². The lowest BCUT2D eigenvalue weighted by Crippen LogP contribution is -2.27. The van der Waals surface area contributed by atoms with E-state index in [0.717, 1.165) is 0 Å². The molecule has 4 heteroatoms. The third kappa shape index (κ3) is 2.11. The van der Waals surface area contributed by atoms with E-state index in [-0.39, 0.29) is 17.7 Å². The minimum atomic E-state index is -0.407. The summed E-state index contributed by atoms with van der Waals surface area (Å²) in [5, 5.41) is 0.452. The van der Waals surface area contributed by atoms with E-state index in [9.17, 15) is 9.59 Å². The summed E-state index contributed by atoms with van der Waals surface area (Å²) >= 11 is 0. The van der Waals surface area contributed by atoms with E-state index in [1.807, 2.05) is 0 Å². The zero-order chi connectivity index (χ0) is 13.1. The molecule has 0 saturated heterocycles. The number of nitrogens with zero attached hydrogens (tertiary/aromatic N) is 1. The summed E-state index contributed by atoms with van der Waals surface area (Å²) < 4.78 is 5.41. The lowest BCUT2D eigenvalue weighted by atomic mass is 10.2. The normalized spacial score (nSPS) is 10.0. The van der Waals surface area contributed by atoms with Gasteiger partial charge in [-0.15, -0.1) is 6.42 Å². The van der Waals surface area contributed by atoms with Crippen LogP contribution in [0.3, 0.4) is 0 Å². The van der Waals surface area contributed by atoms with Gasteiger partial charge in [-0.3, -0.25) is 9.59 Å². The molecule has 1 aromatic carbocycles. The number of para-hydroxylation sites is 1. The van der Waals surface area contributed by atoms with Crippen LogP contribution in [0.15, 0.2) is 39.5 Å². The maximum Gasteiger partial charge on any atom is 0.290 e. The van der Waals surface area contributed by atoms with Crippen molar-refractivity contribution < 1.29 is 9.21 Å². The predicted molar refractivity (Wildman–Crippen MR) is 68.3 cm³/mol. The van der Waals surface area contributed by atoms with Crippen LogP contribution in [0.2, 0.25) is 0 Å². The molecule has 0 atom stereocenters. The Kier molecular flexibility index (Phi) is 3.16. The van der Waals surface area contributed by atoms with Crippen LogP contribution in [0.1, 0.15) is 10.6 Å². The molecular formula is C14H11NO3. The van der Waals surface area contributed by atoms with Crippen molar-refractivity contribution in [2.75, 3.05) is 13.6 Å². The summed E-state index contributed by atoms with van der Waals surface area (Å²) in [5.41, 5.74) is 0.150. The molecule has 0 fully saturated rings. The highest BCUT2D eigenvalue weighted by atomic mass is 16.3. The van der Waals surface area contributed by atoms with Crippen molar-refractivity contribution in [3.8, 4) is 12.3 Å². The topological polar surface area (TPSA) is 50.5 Å². The molecule has 18 heavy (non-hydrogen) atoms. The van der Waals surface area contributed by atoms with Gasteiger partial charge < -0.3 is 9.32 Å². The van der Waals surface area contributed by atoms with E-state index < -0.39 is 5.91 Å². The Labute approximate surface area is 104 Å². The lowest BCUT2D eigenvalue weighted by molar-refractivity contribution is 0.0782. The summed E-state index contributed by atoms with van der Waals surface area (Å²) in [6, 6.07) is 7.98. The number of carbonyl (C=O) groups is 1. The highest BCUT2D eigenvalue weighted by Gasteiger charge is 2.15. The number of hydrogen-bond acceptors (Lipinski definition) is 3. The van der Waals surface area contributed by atoms with Crippen LogP contribution < -0.4 is 5.43 Å². The van der Waals surface area contributed by atoms with Crippen LogP contribution in [-0.2, 0) is 0 Å². The number of benzene rings is 1. The number of fused-ring (bicyclic) bond motifs is 1. The summed E-state index contributed by atoms with van der Waals surface area (Å²) in [6.45, 7) is 0.162. The van der Waals surface area contributed by atoms with E-state index >= 15 is 0 Å². The molecule has 90 valence electrons. The third-order valence-electron chi connectivity index (χ3n) is 2.52. The second-order valence-corrected chi connectivity index (χ2v) is 3.84. The monoisotopic (exact) mass is 241 g/mol. The van der Waals surface area contributed by atoms with Gasteiger partial charge in [0.05, 0.1) is 11.9 Å². The van der Waals surface area contributed by atoms with Gasteiger partial charge in [0.2, 0.25) is 0 Å². The molecule has 2 rings (SSSR count). The molecule has 0 spiro atoms. The van der Waals surface area contributed by atoms with Gasteiger partial charge >= 0.3 is 0 Å². The number of carbonyl (C=O) groups excluding carboxylic acids is 1. The van der Waals surface area contributed by atoms with Crippen LogP contribution >= 0.6 is 0 Å². The summed E-state index contributed by atoms with van der Waals surface area (Å²) in [5.74, 6) is 1.95. The molecule has 0 saturated carbocycles. The van der Waals surface area contributed by atoms with Crippen molar-refractivity contribution in [1.29, 1.82) is 0 Å². The molecule has 0 radical (unpaired) electrons. The Bertz CT molecular complexity index is 694. The van der Waals surface area contributed by atoms with Gasteiger partial charge in [0.25, 0.3) is 5.91 Å². The zero-order valence-corrected chi connectivity index (χ0v) is 9.84. The van der Waals surface area contributed by atoms with E-state index in [4.69, 9.17) is 10.8 Å². The Morgan fingerprint density at radius 1 is 1.44 bits per heavy atom. The van der Waals surface area contributed by atoms with Gasteiger partial charge in [-0.05, 0) is 12.1 Å². The highest BCUT2D eigenvalue weighted by Crippen LogP contribution is 2.12. The fraction of sp³-hybridized carbons (Fsp3) is 0.143. The van der Waals surface area contributed by atoms with Crippen molar-refractivity contribution in [3.63, 3.8) is 0 Å². The molecule has 0 bridgehead atoms. The smallest absolute Gasteiger partial charge is 0.290 e. The standard InChI is InChI=1S/C14H11NO3/c1-3-8-15(2)14(17)13-9-11(16)10-6-4-5-7-12(10)18-13/h1,4-7,9H,8H2,2H3. The molecule has 1 heterocycles. The number of amides is 1. The largest absolute Gasteiger partial charge is 0.451 e. The van der Waals surface area contributed by atoms with Gasteiger partial charge in [0.1, 0.15) is 5.58 Å². The van der Waals surface area contributed by atoms with Gasteiger partial charge in [0.15, 0.2) is 11.2 Å². The molecule has 0 aliphatic rings. The third-order valence-corrected chi connectivity index (χ3v) is 2.52. The summed E-state index contributed by atoms with van der Waals surface area (Å²) in [7, 11) is 1.55. The van der Waals surface area contributed by atoms with Gasteiger partial charge in [0, 0.05) is 13.1 Å². The summed E-state index contributed by atoms with van der Waals surface area (Å²) in [4.78, 5) is 25.1. The molecule has 0 aliphatic heterocycles. The summed E-state index contributed by atoms with van der Waals surface area (Å²) in [6.07, 6.45) is 5.13. The first kappa shape index (κ1) is 11.9. The molecule has 0 aliphatic carbocycles. The average molecular weight is 241 g/mol. The van der Waals surface area contributed by atoms with Crippen molar-refractivity contribution in [2.45, 2.75) is 0 Å². The molecular weight excluding hydrogens is 230 g/mol. The lowest BCUT2D eigenvalue weighted by Gasteiger charge is -2.12. The van der Waals surface area contributed by atoms with Gasteiger partial charge in [-0.25, -0.2) is 0 Å². The molecule has 0 unspecified atom stereocenters. The van der Waals surface area contributed by atoms with Gasteiger partial charge in [-0.1, -0.05) is 18.1 Å². The molecule has 1 aromatic heterocycles. The molecule has 4 nitrogen and oxygen atoms in total. The van der Waals surface area contributed by atoms with Crippen LogP contribution in [-0.4, -0.2) is 24.4 Å². The Hall–Kier alpha value is -2.54. The van der Waals surface area contributed by atoms with E-state index in [0.29, 0.717) is 11.0 Å². The first-order chi connectivity index (χ1) is 8.63. The first-order valence-corrected chi connectivity index (χ1v) is 5.35. The number of rotatable bonds is 2. The maximum atomic E-state index is 11.9. The Morgan fingerprint density at radius 2 is 2.17 bits per heavy atom. The van der Waals surface area contributed by atoms with Crippen LogP contribution in [0.25, 0.3) is 11.0 Å². The second-order valence-electron chi connectivity index (χ2n) is 3.84. The van der Waals surface area contributed by atoms with Crippen molar-refractivity contribution in [1.82, 2.24) is 4.90 Å². The van der Waals surface area contributed by atoms with Crippen molar-refractivity contribution in [2.24, 2.45) is 0 Å². The predicted octanol–water partition coefficient (Wildman–Crippen LogP) is 1.50. The Balaban J connectivity index is 2.51. The fourth-order valence-electron chi connectivity index (χ4n) is 1.61. The van der Waals surface area contributed by atoms with E-state index in [1.165, 1.54) is 11.0 Å². The fourth-order valence-corrected chi connectivity index (χ4v) is 1.61. The quantitative estimate of drug-likeness (QED) is 0.749. The molecule has 1 amide bonds. The minimum absolute atomic E-state index is 0.00329. The SMILES string of the molecule is C#CCN(C)C(=O)c1cc(=O)c2ccccc2o1. The maximum absolute atomic E-state index is 11.9. The number of hydrogen-bond donors (Lipinski definition) is 0. The van der Waals surface area contributed by atoms with Crippen LogP contribution in [0.5, 0.6) is 0 Å². The first-order valence-electron chi connectivity index (χ1n) is 5.35. The highest BCUT2D eigenvalue weighted by molar-refractivity contribution is 5.93. The minimum Gasteiger partial charge on any atom is -0.451 e.